The molecule has 1 fully saturated rings. The van der Waals surface area contributed by atoms with Gasteiger partial charge < -0.3 is 14.6 Å². The number of anilines is 1. The number of halogens is 3. The van der Waals surface area contributed by atoms with Crippen LogP contribution in [0.2, 0.25) is 5.02 Å². The maximum Gasteiger partial charge on any atom is 0.174 e. The van der Waals surface area contributed by atoms with Gasteiger partial charge in [0.1, 0.15) is 23.4 Å². The van der Waals surface area contributed by atoms with Gasteiger partial charge in [-0.2, -0.15) is 0 Å². The number of hydrogen-bond acceptors (Lipinski definition) is 3. The second kappa shape index (κ2) is 8.65. The Morgan fingerprint density at radius 1 is 1.06 bits per heavy atom. The van der Waals surface area contributed by atoms with Crippen molar-refractivity contribution >= 4 is 50.5 Å². The average Bonchev–Trinajstić information content (AvgIpc) is 3.39. The van der Waals surface area contributed by atoms with Crippen molar-refractivity contribution in [2.45, 2.75) is 12.1 Å². The first kappa shape index (κ1) is 21.1. The van der Waals surface area contributed by atoms with Gasteiger partial charge in [0, 0.05) is 21.4 Å². The normalized spacial score (nSPS) is 18.1. The maximum absolute atomic E-state index is 14.5. The van der Waals surface area contributed by atoms with Crippen LogP contribution >= 0.6 is 39.7 Å². The zero-order valence-corrected chi connectivity index (χ0v) is 19.7. The molecule has 2 atom stereocenters. The zero-order valence-electron chi connectivity index (χ0n) is 16.5. The number of rotatable bonds is 4. The molecule has 2 aromatic heterocycles. The van der Waals surface area contributed by atoms with E-state index in [4.69, 9.17) is 28.2 Å². The molecule has 32 heavy (non-hydrogen) atoms. The lowest BCUT2D eigenvalue weighted by atomic mass is 10.0. The van der Waals surface area contributed by atoms with E-state index >= 15 is 0 Å². The second-order valence-electron chi connectivity index (χ2n) is 7.30. The quantitative estimate of drug-likeness (QED) is 0.287. The lowest BCUT2D eigenvalue weighted by Crippen LogP contribution is -2.29. The molecule has 0 bridgehead atoms. The summed E-state index contributed by atoms with van der Waals surface area (Å²) in [5.74, 6) is 0.718. The van der Waals surface area contributed by atoms with Crippen molar-refractivity contribution in [2.24, 2.45) is 0 Å². The monoisotopic (exact) mass is 527 g/mol. The molecule has 0 amide bonds. The van der Waals surface area contributed by atoms with E-state index in [9.17, 15) is 4.39 Å². The third-order valence-corrected chi connectivity index (χ3v) is 6.38. The van der Waals surface area contributed by atoms with Gasteiger partial charge in [-0.1, -0.05) is 33.6 Å². The molecule has 0 saturated carbocycles. The minimum atomic E-state index is -0.365. The number of thiocarbonyl (C=S) groups is 1. The van der Waals surface area contributed by atoms with Crippen LogP contribution in [0.1, 0.15) is 23.5 Å². The minimum absolute atomic E-state index is 0.256. The predicted octanol–water partition coefficient (Wildman–Crippen LogP) is 7.07. The number of benzene rings is 2. The first-order valence-corrected chi connectivity index (χ1v) is 11.4. The fourth-order valence-electron chi connectivity index (χ4n) is 3.87. The lowest BCUT2D eigenvalue weighted by molar-refractivity contribution is 0.438. The largest absolute Gasteiger partial charge is 0.459 e. The van der Waals surface area contributed by atoms with Crippen LogP contribution in [0.4, 0.5) is 10.1 Å². The Morgan fingerprint density at radius 3 is 2.59 bits per heavy atom. The molecule has 1 N–H and O–H groups in total. The number of furan rings is 1. The van der Waals surface area contributed by atoms with E-state index in [-0.39, 0.29) is 17.9 Å². The Kier molecular flexibility index (Phi) is 5.71. The van der Waals surface area contributed by atoms with E-state index in [0.717, 1.165) is 11.4 Å². The topological polar surface area (TPSA) is 41.3 Å². The summed E-state index contributed by atoms with van der Waals surface area (Å²) in [7, 11) is 0. The molecule has 2 aromatic carbocycles. The highest BCUT2D eigenvalue weighted by Gasteiger charge is 2.42. The molecule has 1 saturated heterocycles. The summed E-state index contributed by atoms with van der Waals surface area (Å²) in [4.78, 5) is 6.50. The first-order valence-electron chi connectivity index (χ1n) is 9.82. The van der Waals surface area contributed by atoms with Crippen molar-refractivity contribution in [3.05, 3.63) is 106 Å². The maximum atomic E-state index is 14.5. The van der Waals surface area contributed by atoms with Gasteiger partial charge in [-0.3, -0.25) is 4.98 Å². The molecular weight excluding hydrogens is 513 g/mol. The molecule has 4 nitrogen and oxygen atoms in total. The Morgan fingerprint density at radius 2 is 1.88 bits per heavy atom. The summed E-state index contributed by atoms with van der Waals surface area (Å²) in [5.41, 5.74) is 2.08. The fraction of sp³-hybridized carbons (Fsp3) is 0.0833. The molecule has 3 heterocycles. The van der Waals surface area contributed by atoms with Gasteiger partial charge in [-0.15, -0.1) is 0 Å². The van der Waals surface area contributed by atoms with Crippen LogP contribution in [0.15, 0.2) is 87.9 Å². The number of nitrogens with zero attached hydrogens (tertiary/aromatic N) is 2. The van der Waals surface area contributed by atoms with Gasteiger partial charge in [0.05, 0.1) is 17.3 Å². The van der Waals surface area contributed by atoms with Crippen LogP contribution in [-0.2, 0) is 0 Å². The van der Waals surface area contributed by atoms with Gasteiger partial charge in [0.2, 0.25) is 0 Å². The summed E-state index contributed by atoms with van der Waals surface area (Å²) in [6.07, 6.45) is 1.74. The molecule has 0 aliphatic carbocycles. The van der Waals surface area contributed by atoms with Crippen LogP contribution in [0.3, 0.4) is 0 Å². The SMILES string of the molecule is Fc1cc(Br)ccc1-c1ccc([C@H]2[C@@H](c3ccccn3)NC(=S)N2c2ccc(Cl)cc2)o1. The highest BCUT2D eigenvalue weighted by molar-refractivity contribution is 9.10. The minimum Gasteiger partial charge on any atom is -0.459 e. The molecule has 8 heteroatoms. The van der Waals surface area contributed by atoms with Crippen molar-refractivity contribution in [3.63, 3.8) is 0 Å². The molecule has 0 spiro atoms. The third-order valence-electron chi connectivity index (χ3n) is 5.32. The van der Waals surface area contributed by atoms with E-state index in [0.29, 0.717) is 31.7 Å². The number of pyridine rings is 1. The Balaban J connectivity index is 1.60. The summed E-state index contributed by atoms with van der Waals surface area (Å²) in [6, 6.07) is 21.1. The van der Waals surface area contributed by atoms with Crippen molar-refractivity contribution in [2.75, 3.05) is 4.90 Å². The second-order valence-corrected chi connectivity index (χ2v) is 9.04. The summed E-state index contributed by atoms with van der Waals surface area (Å²) < 4.78 is 21.4. The molecule has 1 aliphatic rings. The van der Waals surface area contributed by atoms with Crippen LogP contribution in [-0.4, -0.2) is 10.1 Å². The molecule has 5 rings (SSSR count). The van der Waals surface area contributed by atoms with Crippen LogP contribution in [0.5, 0.6) is 0 Å². The van der Waals surface area contributed by atoms with Crippen molar-refractivity contribution < 1.29 is 8.81 Å². The van der Waals surface area contributed by atoms with Crippen molar-refractivity contribution in [1.82, 2.24) is 10.3 Å². The fourth-order valence-corrected chi connectivity index (χ4v) is 4.67. The summed E-state index contributed by atoms with van der Waals surface area (Å²) in [6.45, 7) is 0. The molecular formula is C24H16BrClFN3OS. The Bertz CT molecular complexity index is 1280. The standard InChI is InChI=1S/C24H16BrClFN3OS/c25-14-4-9-17(18(27)13-14)20-10-11-21(31-20)23-22(19-3-1-2-12-28-19)29-24(32)30(23)16-7-5-15(26)6-8-16/h1-13,22-23H,(H,29,32)/t22-,23+/m1/s1. The van der Waals surface area contributed by atoms with Crippen LogP contribution < -0.4 is 10.2 Å². The number of hydrogen-bond donors (Lipinski definition) is 1. The lowest BCUT2D eigenvalue weighted by Gasteiger charge is -2.26. The Hall–Kier alpha value is -2.74. The van der Waals surface area contributed by atoms with Gasteiger partial charge in [-0.25, -0.2) is 4.39 Å². The molecule has 0 radical (unpaired) electrons. The van der Waals surface area contributed by atoms with Crippen molar-refractivity contribution in [1.29, 1.82) is 0 Å². The van der Waals surface area contributed by atoms with E-state index < -0.39 is 0 Å². The average molecular weight is 529 g/mol. The van der Waals surface area contributed by atoms with Crippen molar-refractivity contribution in [3.8, 4) is 11.3 Å². The molecule has 0 unspecified atom stereocenters. The summed E-state index contributed by atoms with van der Waals surface area (Å²) >= 11 is 15.1. The molecule has 1 aliphatic heterocycles. The van der Waals surface area contributed by atoms with Crippen LogP contribution in [0.25, 0.3) is 11.3 Å². The first-order chi connectivity index (χ1) is 15.5. The highest BCUT2D eigenvalue weighted by Crippen LogP contribution is 2.43. The van der Waals surface area contributed by atoms with E-state index in [1.807, 2.05) is 53.4 Å². The van der Waals surface area contributed by atoms with E-state index in [2.05, 4.69) is 26.2 Å². The van der Waals surface area contributed by atoms with Gasteiger partial charge in [0.15, 0.2) is 5.11 Å². The molecule has 160 valence electrons. The predicted molar refractivity (Wildman–Crippen MR) is 131 cm³/mol. The number of nitrogens with one attached hydrogen (secondary N) is 1. The van der Waals surface area contributed by atoms with Gasteiger partial charge in [0.25, 0.3) is 0 Å². The zero-order chi connectivity index (χ0) is 22.2. The van der Waals surface area contributed by atoms with E-state index in [1.165, 1.54) is 6.07 Å². The Labute approximate surface area is 203 Å². The third kappa shape index (κ3) is 3.92. The van der Waals surface area contributed by atoms with Gasteiger partial charge in [-0.05, 0) is 78.9 Å². The smallest absolute Gasteiger partial charge is 0.174 e. The highest BCUT2D eigenvalue weighted by atomic mass is 79.9. The molecule has 4 aromatic rings. The number of aromatic nitrogens is 1. The summed E-state index contributed by atoms with van der Waals surface area (Å²) in [5, 5.41) is 4.55. The van der Waals surface area contributed by atoms with E-state index in [1.54, 1.807) is 24.4 Å². The van der Waals surface area contributed by atoms with Gasteiger partial charge >= 0.3 is 0 Å². The van der Waals surface area contributed by atoms with Crippen LogP contribution in [0, 0.1) is 5.82 Å².